The lowest BCUT2D eigenvalue weighted by molar-refractivity contribution is 0.0251. The zero-order valence-electron chi connectivity index (χ0n) is 19.4. The lowest BCUT2D eigenvalue weighted by atomic mass is 10.0. The van der Waals surface area contributed by atoms with Crippen molar-refractivity contribution in [3.8, 4) is 0 Å². The standard InChI is InChI=1S/C25H50O3/c1-4-6-8-9-10-11-12-13-14-15-16-17-18-19-21-23-27-25(26)28-24(3)22-20-7-5-2/h24H,4-23H2,1-3H3. The van der Waals surface area contributed by atoms with E-state index in [9.17, 15) is 4.79 Å². The molecule has 168 valence electrons. The molecule has 0 rings (SSSR count). The largest absolute Gasteiger partial charge is 0.508 e. The highest BCUT2D eigenvalue weighted by Crippen LogP contribution is 2.13. The number of ether oxygens (including phenoxy) is 2. The van der Waals surface area contributed by atoms with Crippen LogP contribution in [0.2, 0.25) is 0 Å². The number of carbonyl (C=O) groups excluding carboxylic acids is 1. The molecule has 0 heterocycles. The highest BCUT2D eigenvalue weighted by molar-refractivity contribution is 5.60. The van der Waals surface area contributed by atoms with Crippen molar-refractivity contribution in [3.05, 3.63) is 0 Å². The van der Waals surface area contributed by atoms with Crippen LogP contribution in [0.5, 0.6) is 0 Å². The zero-order valence-corrected chi connectivity index (χ0v) is 19.4. The van der Waals surface area contributed by atoms with Crippen LogP contribution in [0.15, 0.2) is 0 Å². The van der Waals surface area contributed by atoms with Gasteiger partial charge in [0.25, 0.3) is 0 Å². The molecule has 1 atom stereocenters. The molecule has 1 unspecified atom stereocenters. The summed E-state index contributed by atoms with van der Waals surface area (Å²) in [5.41, 5.74) is 0. The third-order valence-corrected chi connectivity index (χ3v) is 5.48. The van der Waals surface area contributed by atoms with E-state index in [0.717, 1.165) is 25.7 Å². The second-order valence-corrected chi connectivity index (χ2v) is 8.47. The number of unbranched alkanes of at least 4 members (excludes halogenated alkanes) is 16. The van der Waals surface area contributed by atoms with E-state index in [1.54, 1.807) is 0 Å². The molecule has 0 aromatic rings. The molecular weight excluding hydrogens is 348 g/mol. The molecular formula is C25H50O3. The Bertz CT molecular complexity index is 317. The van der Waals surface area contributed by atoms with Crippen molar-refractivity contribution in [1.82, 2.24) is 0 Å². The van der Waals surface area contributed by atoms with Crippen LogP contribution in [0.25, 0.3) is 0 Å². The van der Waals surface area contributed by atoms with Crippen LogP contribution in [-0.4, -0.2) is 18.9 Å². The van der Waals surface area contributed by atoms with E-state index in [4.69, 9.17) is 9.47 Å². The van der Waals surface area contributed by atoms with Crippen LogP contribution in [0.1, 0.15) is 143 Å². The molecule has 0 aromatic heterocycles. The maximum atomic E-state index is 11.6. The van der Waals surface area contributed by atoms with Crippen molar-refractivity contribution in [2.24, 2.45) is 0 Å². The predicted octanol–water partition coefficient (Wildman–Crippen LogP) is 8.98. The second kappa shape index (κ2) is 22.6. The van der Waals surface area contributed by atoms with Crippen LogP contribution in [0.3, 0.4) is 0 Å². The highest BCUT2D eigenvalue weighted by atomic mass is 16.7. The summed E-state index contributed by atoms with van der Waals surface area (Å²) in [6, 6.07) is 0. The molecule has 0 N–H and O–H groups in total. The van der Waals surface area contributed by atoms with Gasteiger partial charge in [-0.2, -0.15) is 0 Å². The lowest BCUT2D eigenvalue weighted by Crippen LogP contribution is -2.16. The number of rotatable bonds is 21. The van der Waals surface area contributed by atoms with Crippen molar-refractivity contribution < 1.29 is 14.3 Å². The Morgan fingerprint density at radius 3 is 1.46 bits per heavy atom. The molecule has 0 saturated carbocycles. The van der Waals surface area contributed by atoms with Gasteiger partial charge in [-0.15, -0.1) is 0 Å². The van der Waals surface area contributed by atoms with Gasteiger partial charge in [-0.3, -0.25) is 0 Å². The maximum absolute atomic E-state index is 11.6. The average Bonchev–Trinajstić information content (AvgIpc) is 2.67. The third-order valence-electron chi connectivity index (χ3n) is 5.48. The van der Waals surface area contributed by atoms with Crippen molar-refractivity contribution in [1.29, 1.82) is 0 Å². The molecule has 0 amide bonds. The van der Waals surface area contributed by atoms with E-state index in [1.807, 2.05) is 6.92 Å². The highest BCUT2D eigenvalue weighted by Gasteiger charge is 2.09. The van der Waals surface area contributed by atoms with Gasteiger partial charge in [0.1, 0.15) is 6.10 Å². The van der Waals surface area contributed by atoms with Crippen LogP contribution >= 0.6 is 0 Å². The van der Waals surface area contributed by atoms with Gasteiger partial charge in [0, 0.05) is 0 Å². The number of hydrogen-bond acceptors (Lipinski definition) is 3. The minimum Gasteiger partial charge on any atom is -0.434 e. The molecule has 0 bridgehead atoms. The Kier molecular flexibility index (Phi) is 22.0. The first-order chi connectivity index (χ1) is 13.7. The minimum atomic E-state index is -0.491. The molecule has 0 aliphatic rings. The summed E-state index contributed by atoms with van der Waals surface area (Å²) in [6.07, 6.45) is 24.1. The second-order valence-electron chi connectivity index (χ2n) is 8.47. The molecule has 0 saturated heterocycles. The number of carbonyl (C=O) groups is 1. The molecule has 0 aromatic carbocycles. The lowest BCUT2D eigenvalue weighted by Gasteiger charge is -2.12. The van der Waals surface area contributed by atoms with E-state index >= 15 is 0 Å². The molecule has 3 nitrogen and oxygen atoms in total. The van der Waals surface area contributed by atoms with Gasteiger partial charge in [0.15, 0.2) is 0 Å². The van der Waals surface area contributed by atoms with Crippen LogP contribution in [0.4, 0.5) is 4.79 Å². The topological polar surface area (TPSA) is 35.5 Å². The molecule has 28 heavy (non-hydrogen) atoms. The van der Waals surface area contributed by atoms with Gasteiger partial charge in [-0.05, 0) is 26.2 Å². The number of hydrogen-bond donors (Lipinski definition) is 0. The Hall–Kier alpha value is -0.730. The first-order valence-corrected chi connectivity index (χ1v) is 12.5. The fourth-order valence-electron chi connectivity index (χ4n) is 3.57. The first kappa shape index (κ1) is 27.3. The summed E-state index contributed by atoms with van der Waals surface area (Å²) in [5, 5.41) is 0. The van der Waals surface area contributed by atoms with E-state index in [2.05, 4.69) is 13.8 Å². The summed E-state index contributed by atoms with van der Waals surface area (Å²) in [5.74, 6) is 0. The predicted molar refractivity (Wildman–Crippen MR) is 121 cm³/mol. The van der Waals surface area contributed by atoms with Gasteiger partial charge < -0.3 is 9.47 Å². The van der Waals surface area contributed by atoms with Crippen LogP contribution in [0, 0.1) is 0 Å². The van der Waals surface area contributed by atoms with Crippen molar-refractivity contribution in [2.45, 2.75) is 149 Å². The quantitative estimate of drug-likeness (QED) is 0.143. The van der Waals surface area contributed by atoms with Crippen molar-refractivity contribution >= 4 is 6.16 Å². The summed E-state index contributed by atoms with van der Waals surface area (Å²) < 4.78 is 10.4. The monoisotopic (exact) mass is 398 g/mol. The fourth-order valence-corrected chi connectivity index (χ4v) is 3.57. The van der Waals surface area contributed by atoms with E-state index < -0.39 is 6.16 Å². The Labute approximate surface area is 176 Å². The maximum Gasteiger partial charge on any atom is 0.508 e. The SMILES string of the molecule is CCCCCCCCCCCCCCCCCOC(=O)OC(C)CCCCC. The summed E-state index contributed by atoms with van der Waals surface area (Å²) in [6.45, 7) is 6.90. The molecule has 0 aliphatic carbocycles. The van der Waals surface area contributed by atoms with Gasteiger partial charge in [0.05, 0.1) is 6.61 Å². The van der Waals surface area contributed by atoms with Gasteiger partial charge in [-0.1, -0.05) is 117 Å². The average molecular weight is 399 g/mol. The Morgan fingerprint density at radius 2 is 1.00 bits per heavy atom. The zero-order chi connectivity index (χ0) is 20.7. The minimum absolute atomic E-state index is 0.0277. The Balaban J connectivity index is 3.19. The van der Waals surface area contributed by atoms with Crippen molar-refractivity contribution in [3.63, 3.8) is 0 Å². The van der Waals surface area contributed by atoms with Gasteiger partial charge in [-0.25, -0.2) is 4.79 Å². The summed E-state index contributed by atoms with van der Waals surface area (Å²) in [7, 11) is 0. The molecule has 0 radical (unpaired) electrons. The van der Waals surface area contributed by atoms with E-state index in [0.29, 0.717) is 6.61 Å². The first-order valence-electron chi connectivity index (χ1n) is 12.5. The van der Waals surface area contributed by atoms with Gasteiger partial charge in [0.2, 0.25) is 0 Å². The third kappa shape index (κ3) is 21.6. The molecule has 3 heteroatoms. The fraction of sp³-hybridized carbons (Fsp3) is 0.960. The molecule has 0 spiro atoms. The van der Waals surface area contributed by atoms with Crippen LogP contribution < -0.4 is 0 Å². The smallest absolute Gasteiger partial charge is 0.434 e. The van der Waals surface area contributed by atoms with Gasteiger partial charge >= 0.3 is 6.16 Å². The summed E-state index contributed by atoms with van der Waals surface area (Å²) >= 11 is 0. The van der Waals surface area contributed by atoms with E-state index in [1.165, 1.54) is 96.3 Å². The molecule has 0 fully saturated rings. The van der Waals surface area contributed by atoms with E-state index in [-0.39, 0.29) is 6.10 Å². The molecule has 0 aliphatic heterocycles. The van der Waals surface area contributed by atoms with Crippen LogP contribution in [-0.2, 0) is 9.47 Å². The summed E-state index contributed by atoms with van der Waals surface area (Å²) in [4.78, 5) is 11.6. The van der Waals surface area contributed by atoms with Crippen molar-refractivity contribution in [2.75, 3.05) is 6.61 Å². The normalized spacial score (nSPS) is 12.1. The Morgan fingerprint density at radius 1 is 0.607 bits per heavy atom.